The molecule has 0 bridgehead atoms. The SMILES string of the molecule is CCC(C)CC(=O)C[C@@H]1C[C@H](C)CN(c2ccc(C#N)c3nccnc23)C1. The highest BCUT2D eigenvalue weighted by atomic mass is 16.1. The fourth-order valence-electron chi connectivity index (χ4n) is 4.15. The number of hydrogen-bond acceptors (Lipinski definition) is 5. The molecule has 2 heterocycles. The number of nitrogens with zero attached hydrogens (tertiary/aromatic N) is 4. The van der Waals surface area contributed by atoms with Crippen LogP contribution in [-0.2, 0) is 4.79 Å². The first-order chi connectivity index (χ1) is 13.0. The van der Waals surface area contributed by atoms with Crippen molar-refractivity contribution in [1.82, 2.24) is 9.97 Å². The highest BCUT2D eigenvalue weighted by Crippen LogP contribution is 2.33. The molecule has 1 aromatic carbocycles. The number of carbonyl (C=O) groups excluding carboxylic acids is 1. The third-order valence-corrected chi connectivity index (χ3v) is 5.60. The smallest absolute Gasteiger partial charge is 0.133 e. The van der Waals surface area contributed by atoms with E-state index in [2.05, 4.69) is 41.7 Å². The molecule has 5 heteroatoms. The summed E-state index contributed by atoms with van der Waals surface area (Å²) >= 11 is 0. The summed E-state index contributed by atoms with van der Waals surface area (Å²) in [7, 11) is 0. The van der Waals surface area contributed by atoms with E-state index >= 15 is 0 Å². The van der Waals surface area contributed by atoms with Crippen molar-refractivity contribution in [1.29, 1.82) is 5.26 Å². The van der Waals surface area contributed by atoms with Crippen LogP contribution in [0, 0.1) is 29.1 Å². The van der Waals surface area contributed by atoms with Gasteiger partial charge in [-0.2, -0.15) is 5.26 Å². The fraction of sp³-hybridized carbons (Fsp3) is 0.545. The lowest BCUT2D eigenvalue weighted by Crippen LogP contribution is -2.40. The highest BCUT2D eigenvalue weighted by molar-refractivity contribution is 5.92. The zero-order valence-electron chi connectivity index (χ0n) is 16.5. The molecule has 0 spiro atoms. The van der Waals surface area contributed by atoms with Gasteiger partial charge < -0.3 is 4.90 Å². The number of ketones is 1. The van der Waals surface area contributed by atoms with Crippen molar-refractivity contribution in [2.45, 2.75) is 46.5 Å². The summed E-state index contributed by atoms with van der Waals surface area (Å²) < 4.78 is 0. The Kier molecular flexibility index (Phi) is 6.05. The molecule has 0 radical (unpaired) electrons. The second-order valence-electron chi connectivity index (χ2n) is 8.07. The molecule has 3 atom stereocenters. The molecule has 2 aromatic rings. The molecule has 1 saturated heterocycles. The Morgan fingerprint density at radius 1 is 1.30 bits per heavy atom. The lowest BCUT2D eigenvalue weighted by atomic mass is 9.85. The van der Waals surface area contributed by atoms with Crippen molar-refractivity contribution in [3.05, 3.63) is 30.1 Å². The Labute approximate surface area is 161 Å². The molecule has 0 aliphatic carbocycles. The molecule has 1 fully saturated rings. The number of Topliss-reactive ketones (excluding diaryl/α,β-unsaturated/α-hetero) is 1. The number of benzene rings is 1. The van der Waals surface area contributed by atoms with Crippen LogP contribution in [0.1, 0.15) is 52.0 Å². The van der Waals surface area contributed by atoms with Gasteiger partial charge in [-0.25, -0.2) is 0 Å². The summed E-state index contributed by atoms with van der Waals surface area (Å²) in [6.07, 6.45) is 6.78. The molecule has 1 aliphatic heterocycles. The summed E-state index contributed by atoms with van der Waals surface area (Å²) in [6, 6.07) is 6.01. The first-order valence-corrected chi connectivity index (χ1v) is 9.92. The molecular weight excluding hydrogens is 336 g/mol. The molecule has 0 saturated carbocycles. The maximum Gasteiger partial charge on any atom is 0.133 e. The zero-order valence-corrected chi connectivity index (χ0v) is 16.5. The van der Waals surface area contributed by atoms with Crippen molar-refractivity contribution < 1.29 is 4.79 Å². The van der Waals surface area contributed by atoms with Crippen LogP contribution in [0.25, 0.3) is 11.0 Å². The summed E-state index contributed by atoms with van der Waals surface area (Å²) in [5.74, 6) is 1.73. The number of aromatic nitrogens is 2. The molecular formula is C22H28N4O. The average Bonchev–Trinajstić information content (AvgIpc) is 2.66. The molecule has 0 N–H and O–H groups in total. The predicted molar refractivity (Wildman–Crippen MR) is 107 cm³/mol. The summed E-state index contributed by atoms with van der Waals surface area (Å²) in [5, 5.41) is 9.34. The van der Waals surface area contributed by atoms with Crippen molar-refractivity contribution in [3.8, 4) is 6.07 Å². The van der Waals surface area contributed by atoms with Crippen molar-refractivity contribution >= 4 is 22.5 Å². The number of anilines is 1. The van der Waals surface area contributed by atoms with Crippen LogP contribution in [0.3, 0.4) is 0 Å². The first-order valence-electron chi connectivity index (χ1n) is 9.92. The van der Waals surface area contributed by atoms with Crippen molar-refractivity contribution in [3.63, 3.8) is 0 Å². The second kappa shape index (κ2) is 8.47. The monoisotopic (exact) mass is 364 g/mol. The van der Waals surface area contributed by atoms with Gasteiger partial charge in [0.15, 0.2) is 0 Å². The van der Waals surface area contributed by atoms with Gasteiger partial charge in [0.2, 0.25) is 0 Å². The second-order valence-corrected chi connectivity index (χ2v) is 8.07. The minimum atomic E-state index is 0.368. The molecule has 1 unspecified atom stereocenters. The zero-order chi connectivity index (χ0) is 19.4. The van der Waals surface area contributed by atoms with E-state index in [0.717, 1.165) is 37.1 Å². The maximum atomic E-state index is 12.4. The molecule has 0 amide bonds. The molecule has 3 rings (SSSR count). The van der Waals surface area contributed by atoms with Crippen LogP contribution in [0.2, 0.25) is 0 Å². The van der Waals surface area contributed by atoms with Crippen molar-refractivity contribution in [2.24, 2.45) is 17.8 Å². The number of piperidine rings is 1. The van der Waals surface area contributed by atoms with Crippen LogP contribution in [0.15, 0.2) is 24.5 Å². The molecule has 1 aliphatic rings. The minimum absolute atomic E-state index is 0.368. The largest absolute Gasteiger partial charge is 0.369 e. The minimum Gasteiger partial charge on any atom is -0.369 e. The van der Waals surface area contributed by atoms with Gasteiger partial charge in [-0.05, 0) is 36.3 Å². The third kappa shape index (κ3) is 4.44. The predicted octanol–water partition coefficient (Wildman–Crippen LogP) is 4.36. The Balaban J connectivity index is 1.82. The van der Waals surface area contributed by atoms with E-state index in [1.165, 1.54) is 0 Å². The number of carbonyl (C=O) groups is 1. The van der Waals surface area contributed by atoms with E-state index in [1.807, 2.05) is 12.1 Å². The van der Waals surface area contributed by atoms with E-state index in [4.69, 9.17) is 0 Å². The van der Waals surface area contributed by atoms with Gasteiger partial charge in [0.1, 0.15) is 22.9 Å². The van der Waals surface area contributed by atoms with Crippen molar-refractivity contribution in [2.75, 3.05) is 18.0 Å². The van der Waals surface area contributed by atoms with E-state index in [1.54, 1.807) is 12.4 Å². The topological polar surface area (TPSA) is 69.9 Å². The normalized spacial score (nSPS) is 21.0. The van der Waals surface area contributed by atoms with Gasteiger partial charge in [-0.3, -0.25) is 14.8 Å². The lowest BCUT2D eigenvalue weighted by molar-refractivity contribution is -0.120. The Morgan fingerprint density at radius 3 is 2.74 bits per heavy atom. The Bertz CT molecular complexity index is 857. The van der Waals surface area contributed by atoms with Crippen LogP contribution in [0.5, 0.6) is 0 Å². The highest BCUT2D eigenvalue weighted by Gasteiger charge is 2.28. The van der Waals surface area contributed by atoms with Crippen LogP contribution in [0.4, 0.5) is 5.69 Å². The molecule has 27 heavy (non-hydrogen) atoms. The number of fused-ring (bicyclic) bond motifs is 1. The first kappa shape index (κ1) is 19.3. The average molecular weight is 364 g/mol. The van der Waals surface area contributed by atoms with Gasteiger partial charge >= 0.3 is 0 Å². The summed E-state index contributed by atoms with van der Waals surface area (Å²) in [4.78, 5) is 23.7. The quantitative estimate of drug-likeness (QED) is 0.762. The fourth-order valence-corrected chi connectivity index (χ4v) is 4.15. The lowest BCUT2D eigenvalue weighted by Gasteiger charge is -2.38. The number of hydrogen-bond donors (Lipinski definition) is 0. The van der Waals surface area contributed by atoms with E-state index in [9.17, 15) is 10.1 Å². The van der Waals surface area contributed by atoms with Gasteiger partial charge in [0.25, 0.3) is 0 Å². The third-order valence-electron chi connectivity index (χ3n) is 5.60. The van der Waals surface area contributed by atoms with E-state index in [0.29, 0.717) is 47.5 Å². The van der Waals surface area contributed by atoms with Crippen LogP contribution < -0.4 is 4.90 Å². The van der Waals surface area contributed by atoms with Crippen LogP contribution in [-0.4, -0.2) is 28.8 Å². The summed E-state index contributed by atoms with van der Waals surface area (Å²) in [5.41, 5.74) is 2.99. The van der Waals surface area contributed by atoms with Gasteiger partial charge in [-0.15, -0.1) is 0 Å². The molecule has 1 aromatic heterocycles. The van der Waals surface area contributed by atoms with E-state index < -0.39 is 0 Å². The Hall–Kier alpha value is -2.48. The number of rotatable bonds is 6. The standard InChI is InChI=1S/C22H28N4O/c1-4-15(2)10-19(27)11-17-9-16(3)13-26(14-17)20-6-5-18(12-23)21-22(20)25-8-7-24-21/h5-8,15-17H,4,9-11,13-14H2,1-3H3/t15?,16-,17-/m0/s1. The Morgan fingerprint density at radius 2 is 2.04 bits per heavy atom. The molecule has 142 valence electrons. The van der Waals surface area contributed by atoms with Gasteiger partial charge in [0, 0.05) is 38.3 Å². The molecule has 5 nitrogen and oxygen atoms in total. The number of nitriles is 1. The maximum absolute atomic E-state index is 12.4. The summed E-state index contributed by atoms with van der Waals surface area (Å²) in [6.45, 7) is 8.33. The van der Waals surface area contributed by atoms with E-state index in [-0.39, 0.29) is 0 Å². The van der Waals surface area contributed by atoms with Crippen LogP contribution >= 0.6 is 0 Å². The van der Waals surface area contributed by atoms with Gasteiger partial charge in [-0.1, -0.05) is 27.2 Å². The van der Waals surface area contributed by atoms with Gasteiger partial charge in [0.05, 0.1) is 11.3 Å².